The maximum atomic E-state index is 5.69. The number of hydrogen-bond acceptors (Lipinski definition) is 3. The Hall–Kier alpha value is -1.68. The van der Waals surface area contributed by atoms with Gasteiger partial charge in [0.25, 0.3) is 0 Å². The minimum absolute atomic E-state index is 0.273. The molecule has 2 atom stereocenters. The molecule has 0 unspecified atom stereocenters. The van der Waals surface area contributed by atoms with Gasteiger partial charge in [-0.1, -0.05) is 60.7 Å². The van der Waals surface area contributed by atoms with Crippen molar-refractivity contribution in [2.24, 2.45) is 0 Å². The van der Waals surface area contributed by atoms with Crippen molar-refractivity contribution >= 4 is 0 Å². The predicted molar refractivity (Wildman–Crippen MR) is 94.5 cm³/mol. The molecule has 3 rings (SSSR count). The van der Waals surface area contributed by atoms with E-state index in [4.69, 9.17) is 4.74 Å². The van der Waals surface area contributed by atoms with Crippen LogP contribution in [0.3, 0.4) is 0 Å². The molecule has 23 heavy (non-hydrogen) atoms. The van der Waals surface area contributed by atoms with Crippen LogP contribution in [0.2, 0.25) is 0 Å². The summed E-state index contributed by atoms with van der Waals surface area (Å²) >= 11 is 0. The average molecular weight is 310 g/mol. The van der Waals surface area contributed by atoms with Crippen molar-refractivity contribution in [3.05, 3.63) is 71.8 Å². The third-order valence-corrected chi connectivity index (χ3v) is 4.56. The molecule has 0 amide bonds. The summed E-state index contributed by atoms with van der Waals surface area (Å²) in [6, 6.07) is 21.7. The second-order valence-corrected chi connectivity index (χ2v) is 6.25. The molecule has 1 heterocycles. The van der Waals surface area contributed by atoms with Gasteiger partial charge < -0.3 is 10.1 Å². The van der Waals surface area contributed by atoms with Gasteiger partial charge in [0, 0.05) is 32.8 Å². The molecule has 3 nitrogen and oxygen atoms in total. The maximum Gasteiger partial charge on any atom is 0.0863 e. The van der Waals surface area contributed by atoms with Crippen LogP contribution in [0.4, 0.5) is 0 Å². The normalized spacial score (nSPS) is 21.6. The zero-order chi connectivity index (χ0) is 15.9. The van der Waals surface area contributed by atoms with Gasteiger partial charge in [-0.05, 0) is 24.1 Å². The Kier molecular flexibility index (Phi) is 5.81. The molecule has 1 fully saturated rings. The molecule has 2 aromatic rings. The first-order chi connectivity index (χ1) is 11.3. The van der Waals surface area contributed by atoms with Gasteiger partial charge in [-0.3, -0.25) is 4.90 Å². The molecule has 1 aliphatic rings. The number of nitrogens with one attached hydrogen (secondary N) is 1. The largest absolute Gasteiger partial charge is 0.378 e. The van der Waals surface area contributed by atoms with Crippen LogP contribution in [0.15, 0.2) is 60.7 Å². The highest BCUT2D eigenvalue weighted by Crippen LogP contribution is 2.16. The standard InChI is InChI=1S/C20H26N2O/c1-23-20-16-22(14-18-10-6-3-7-11-18)15-19(20)21-13-12-17-8-4-2-5-9-17/h2-11,19-21H,12-16H2,1H3/t19-,20-/m0/s1. The van der Waals surface area contributed by atoms with Crippen LogP contribution in [0.5, 0.6) is 0 Å². The molecule has 1 saturated heterocycles. The van der Waals surface area contributed by atoms with E-state index in [9.17, 15) is 0 Å². The molecule has 0 bridgehead atoms. The summed E-state index contributed by atoms with van der Waals surface area (Å²) in [6.45, 7) is 4.03. The number of nitrogens with zero attached hydrogens (tertiary/aromatic N) is 1. The summed E-state index contributed by atoms with van der Waals surface area (Å²) in [4.78, 5) is 2.48. The molecule has 0 radical (unpaired) electrons. The van der Waals surface area contributed by atoms with E-state index in [1.165, 1.54) is 11.1 Å². The van der Waals surface area contributed by atoms with Gasteiger partial charge >= 0.3 is 0 Å². The first-order valence-corrected chi connectivity index (χ1v) is 8.41. The van der Waals surface area contributed by atoms with Gasteiger partial charge in [0.05, 0.1) is 6.10 Å². The molecule has 0 aliphatic carbocycles. The zero-order valence-corrected chi connectivity index (χ0v) is 13.8. The highest BCUT2D eigenvalue weighted by atomic mass is 16.5. The van der Waals surface area contributed by atoms with Gasteiger partial charge in [0.15, 0.2) is 0 Å². The molecule has 0 saturated carbocycles. The Morgan fingerprint density at radius 2 is 1.61 bits per heavy atom. The molecule has 3 heteroatoms. The predicted octanol–water partition coefficient (Wildman–Crippen LogP) is 2.72. The Morgan fingerprint density at radius 3 is 2.26 bits per heavy atom. The fourth-order valence-corrected chi connectivity index (χ4v) is 3.30. The van der Waals surface area contributed by atoms with Crippen molar-refractivity contribution < 1.29 is 4.74 Å². The lowest BCUT2D eigenvalue weighted by Crippen LogP contribution is -2.41. The van der Waals surface area contributed by atoms with Crippen molar-refractivity contribution in [2.75, 3.05) is 26.7 Å². The van der Waals surface area contributed by atoms with Gasteiger partial charge in [-0.15, -0.1) is 0 Å². The van der Waals surface area contributed by atoms with E-state index in [1.54, 1.807) is 0 Å². The lowest BCUT2D eigenvalue weighted by molar-refractivity contribution is 0.0895. The molecular formula is C20H26N2O. The van der Waals surface area contributed by atoms with Crippen LogP contribution >= 0.6 is 0 Å². The van der Waals surface area contributed by atoms with Crippen LogP contribution in [0, 0.1) is 0 Å². The molecule has 0 aromatic heterocycles. The number of ether oxygens (including phenoxy) is 1. The van der Waals surface area contributed by atoms with Gasteiger partial charge in [0.2, 0.25) is 0 Å². The zero-order valence-electron chi connectivity index (χ0n) is 13.8. The van der Waals surface area contributed by atoms with Gasteiger partial charge in [-0.2, -0.15) is 0 Å². The number of methoxy groups -OCH3 is 1. The highest BCUT2D eigenvalue weighted by Gasteiger charge is 2.32. The Morgan fingerprint density at radius 1 is 0.957 bits per heavy atom. The van der Waals surface area contributed by atoms with Crippen LogP contribution in [-0.2, 0) is 17.7 Å². The molecular weight excluding hydrogens is 284 g/mol. The van der Waals surface area contributed by atoms with E-state index >= 15 is 0 Å². The quantitative estimate of drug-likeness (QED) is 0.851. The summed E-state index contributed by atoms with van der Waals surface area (Å²) < 4.78 is 5.69. The number of benzene rings is 2. The maximum absolute atomic E-state index is 5.69. The van der Waals surface area contributed by atoms with E-state index in [0.717, 1.165) is 32.6 Å². The minimum Gasteiger partial charge on any atom is -0.378 e. The SMILES string of the molecule is CO[C@H]1CN(Cc2ccccc2)C[C@@H]1NCCc1ccccc1. The first-order valence-electron chi connectivity index (χ1n) is 8.41. The second kappa shape index (κ2) is 8.25. The van der Waals surface area contributed by atoms with Crippen molar-refractivity contribution in [1.82, 2.24) is 10.2 Å². The topological polar surface area (TPSA) is 24.5 Å². The lowest BCUT2D eigenvalue weighted by atomic mass is 10.1. The second-order valence-electron chi connectivity index (χ2n) is 6.25. The monoisotopic (exact) mass is 310 g/mol. The lowest BCUT2D eigenvalue weighted by Gasteiger charge is -2.18. The Balaban J connectivity index is 1.49. The van der Waals surface area contributed by atoms with E-state index in [2.05, 4.69) is 70.9 Å². The molecule has 122 valence electrons. The van der Waals surface area contributed by atoms with E-state index in [0.29, 0.717) is 6.04 Å². The van der Waals surface area contributed by atoms with Crippen LogP contribution < -0.4 is 5.32 Å². The first kappa shape index (κ1) is 16.2. The van der Waals surface area contributed by atoms with Crippen molar-refractivity contribution in [3.8, 4) is 0 Å². The smallest absolute Gasteiger partial charge is 0.0863 e. The van der Waals surface area contributed by atoms with Crippen LogP contribution in [-0.4, -0.2) is 43.8 Å². The molecule has 0 spiro atoms. The summed E-state index contributed by atoms with van der Waals surface area (Å²) in [7, 11) is 1.82. The van der Waals surface area contributed by atoms with Gasteiger partial charge in [0.1, 0.15) is 0 Å². The Labute approximate surface area is 139 Å². The van der Waals surface area contributed by atoms with E-state index < -0.39 is 0 Å². The van der Waals surface area contributed by atoms with E-state index in [1.807, 2.05) is 7.11 Å². The summed E-state index contributed by atoms with van der Waals surface area (Å²) in [6.07, 6.45) is 1.33. The average Bonchev–Trinajstić information content (AvgIpc) is 2.98. The van der Waals surface area contributed by atoms with E-state index in [-0.39, 0.29) is 6.10 Å². The number of hydrogen-bond donors (Lipinski definition) is 1. The fraction of sp³-hybridized carbons (Fsp3) is 0.400. The third kappa shape index (κ3) is 4.64. The fourth-order valence-electron chi connectivity index (χ4n) is 3.30. The summed E-state index contributed by atoms with van der Waals surface area (Å²) in [5.74, 6) is 0. The number of likely N-dealkylation sites (tertiary alicyclic amines) is 1. The molecule has 1 aliphatic heterocycles. The number of rotatable bonds is 7. The summed E-state index contributed by atoms with van der Waals surface area (Å²) in [5.41, 5.74) is 2.75. The van der Waals surface area contributed by atoms with Crippen LogP contribution in [0.25, 0.3) is 0 Å². The van der Waals surface area contributed by atoms with Crippen molar-refractivity contribution in [1.29, 1.82) is 0 Å². The molecule has 1 N–H and O–H groups in total. The highest BCUT2D eigenvalue weighted by molar-refractivity contribution is 5.16. The van der Waals surface area contributed by atoms with Gasteiger partial charge in [-0.25, -0.2) is 0 Å². The molecule has 2 aromatic carbocycles. The Bertz CT molecular complexity index is 573. The minimum atomic E-state index is 0.273. The van der Waals surface area contributed by atoms with Crippen LogP contribution in [0.1, 0.15) is 11.1 Å². The van der Waals surface area contributed by atoms with Crippen molar-refractivity contribution in [2.45, 2.75) is 25.1 Å². The summed E-state index contributed by atoms with van der Waals surface area (Å²) in [5, 5.41) is 3.68. The van der Waals surface area contributed by atoms with Crippen molar-refractivity contribution in [3.63, 3.8) is 0 Å². The third-order valence-electron chi connectivity index (χ3n) is 4.56.